The van der Waals surface area contributed by atoms with Gasteiger partial charge in [0.05, 0.1) is 16.9 Å². The Morgan fingerprint density at radius 1 is 0.761 bits per heavy atom. The van der Waals surface area contributed by atoms with Gasteiger partial charge in [-0.25, -0.2) is 24.7 Å². The second-order valence-corrected chi connectivity index (χ2v) is 12.2. The smallest absolute Gasteiger partial charge is 0.319 e. The zero-order valence-electron chi connectivity index (χ0n) is 26.0. The molecule has 5 N–H and O–H groups in total. The Morgan fingerprint density at radius 2 is 1.28 bits per heavy atom. The highest BCUT2D eigenvalue weighted by atomic mass is 35.5. The molecule has 2 saturated carbocycles. The Morgan fingerprint density at radius 3 is 1.80 bits per heavy atom. The second kappa shape index (κ2) is 15.8. The summed E-state index contributed by atoms with van der Waals surface area (Å²) in [6.45, 7) is 3.96. The van der Waals surface area contributed by atoms with Crippen molar-refractivity contribution in [3.63, 3.8) is 0 Å². The number of hydrogen-bond acceptors (Lipinski definition) is 7. The van der Waals surface area contributed by atoms with Crippen molar-refractivity contribution >= 4 is 46.6 Å². The third-order valence-corrected chi connectivity index (χ3v) is 8.86. The number of urea groups is 1. The molecule has 0 spiro atoms. The van der Waals surface area contributed by atoms with E-state index in [0.717, 1.165) is 66.7 Å². The minimum absolute atomic E-state index is 0.111. The SMILES string of the molecule is Cc1ccccc1N.Cc1ccccc1NC(=O)NC1(c2ccnc(Cl)n2)CCCC1.O=C(O)C1(c2ccnc(Cl)n2)CCCC1. The standard InChI is InChI=1S/C17H19ClN4O.C10H11ClN2O2.C7H9N/c1-12-6-2-3-7-13(12)20-16(23)22-17(9-4-5-10-17)14-8-11-19-15(18)21-14;11-9-12-6-3-7(13-9)10(8(14)15)4-1-2-5-10;1-6-4-2-3-5-7(6)8/h2-3,6-8,11H,4-5,9-10H2,1H3,(H2,20,22,23);3,6H,1-2,4-5H2,(H,14,15);2-5H,8H2,1H3. The Kier molecular flexibility index (Phi) is 11.9. The molecule has 4 aromatic rings. The van der Waals surface area contributed by atoms with E-state index in [4.69, 9.17) is 28.9 Å². The van der Waals surface area contributed by atoms with Crippen LogP contribution in [0.2, 0.25) is 10.6 Å². The fourth-order valence-electron chi connectivity index (χ4n) is 5.86. The second-order valence-electron chi connectivity index (χ2n) is 11.6. The number of benzene rings is 2. The van der Waals surface area contributed by atoms with Gasteiger partial charge in [-0.3, -0.25) is 4.79 Å². The average Bonchev–Trinajstić information content (AvgIpc) is 3.73. The highest BCUT2D eigenvalue weighted by Crippen LogP contribution is 2.41. The molecule has 0 unspecified atom stereocenters. The first-order valence-corrected chi connectivity index (χ1v) is 16.0. The van der Waals surface area contributed by atoms with Crippen LogP contribution in [0, 0.1) is 13.8 Å². The van der Waals surface area contributed by atoms with Crippen LogP contribution in [0.1, 0.15) is 73.9 Å². The highest BCUT2D eigenvalue weighted by molar-refractivity contribution is 6.28. The number of nitrogens with zero attached hydrogens (tertiary/aromatic N) is 4. The van der Waals surface area contributed by atoms with Crippen LogP contribution in [0.3, 0.4) is 0 Å². The summed E-state index contributed by atoms with van der Waals surface area (Å²) in [5.74, 6) is -0.810. The number of carboxylic acid groups (broad SMARTS) is 1. The maximum Gasteiger partial charge on any atom is 0.319 e. The first-order valence-electron chi connectivity index (χ1n) is 15.2. The van der Waals surface area contributed by atoms with E-state index in [2.05, 4.69) is 30.6 Å². The Balaban J connectivity index is 0.000000178. The molecule has 6 rings (SSSR count). The fourth-order valence-corrected chi connectivity index (χ4v) is 6.15. The van der Waals surface area contributed by atoms with Crippen LogP contribution < -0.4 is 16.4 Å². The molecule has 0 saturated heterocycles. The topological polar surface area (TPSA) is 156 Å². The van der Waals surface area contributed by atoms with E-state index in [1.165, 1.54) is 6.20 Å². The monoisotopic (exact) mass is 663 g/mol. The molecule has 0 atom stereocenters. The number of aromatic nitrogens is 4. The van der Waals surface area contributed by atoms with Crippen molar-refractivity contribution < 1.29 is 14.7 Å². The number of nitrogen functional groups attached to an aromatic ring is 1. The van der Waals surface area contributed by atoms with Gasteiger partial charge in [0.15, 0.2) is 0 Å². The number of nitrogens with one attached hydrogen (secondary N) is 2. The van der Waals surface area contributed by atoms with Gasteiger partial charge in [-0.2, -0.15) is 0 Å². The molecule has 46 heavy (non-hydrogen) atoms. The third-order valence-electron chi connectivity index (χ3n) is 8.49. The number of hydrogen-bond donors (Lipinski definition) is 4. The van der Waals surface area contributed by atoms with Gasteiger partial charge in [-0.05, 0) is 98.1 Å². The first kappa shape index (κ1) is 34.6. The van der Waals surface area contributed by atoms with Gasteiger partial charge in [-0.1, -0.05) is 62.1 Å². The maximum atomic E-state index is 12.5. The van der Waals surface area contributed by atoms with Crippen molar-refractivity contribution in [1.82, 2.24) is 25.3 Å². The van der Waals surface area contributed by atoms with Crippen molar-refractivity contribution in [1.29, 1.82) is 0 Å². The molecule has 2 aliphatic rings. The molecule has 12 heteroatoms. The normalized spacial score (nSPS) is 15.8. The van der Waals surface area contributed by atoms with Crippen LogP contribution in [0.15, 0.2) is 73.1 Å². The van der Waals surface area contributed by atoms with Crippen LogP contribution in [0.25, 0.3) is 0 Å². The van der Waals surface area contributed by atoms with E-state index in [9.17, 15) is 14.7 Å². The van der Waals surface area contributed by atoms with Crippen LogP contribution in [-0.4, -0.2) is 37.0 Å². The highest BCUT2D eigenvalue weighted by Gasteiger charge is 2.44. The molecular formula is C34H39Cl2N7O3. The van der Waals surface area contributed by atoms with Gasteiger partial charge in [0.25, 0.3) is 0 Å². The lowest BCUT2D eigenvalue weighted by atomic mass is 9.82. The van der Waals surface area contributed by atoms with E-state index >= 15 is 0 Å². The van der Waals surface area contributed by atoms with Gasteiger partial charge in [0.1, 0.15) is 5.41 Å². The van der Waals surface area contributed by atoms with Crippen molar-refractivity contribution in [3.05, 3.63) is 106 Å². The molecule has 2 aliphatic carbocycles. The molecule has 2 amide bonds. The molecule has 2 aromatic carbocycles. The van der Waals surface area contributed by atoms with E-state index < -0.39 is 16.9 Å². The third kappa shape index (κ3) is 8.70. The van der Waals surface area contributed by atoms with Gasteiger partial charge < -0.3 is 21.5 Å². The summed E-state index contributed by atoms with van der Waals surface area (Å²) >= 11 is 11.6. The van der Waals surface area contributed by atoms with Crippen molar-refractivity contribution in [2.24, 2.45) is 0 Å². The molecule has 0 radical (unpaired) electrons. The molecular weight excluding hydrogens is 625 g/mol. The lowest BCUT2D eigenvalue weighted by molar-refractivity contribution is -0.143. The largest absolute Gasteiger partial charge is 0.481 e. The van der Waals surface area contributed by atoms with E-state index in [1.807, 2.05) is 68.4 Å². The van der Waals surface area contributed by atoms with E-state index in [-0.39, 0.29) is 16.6 Å². The quantitative estimate of drug-likeness (QED) is 0.125. The van der Waals surface area contributed by atoms with Gasteiger partial charge in [0, 0.05) is 23.8 Å². The number of carboxylic acids is 1. The average molecular weight is 665 g/mol. The van der Waals surface area contributed by atoms with Crippen molar-refractivity contribution in [2.45, 2.75) is 76.2 Å². The summed E-state index contributed by atoms with van der Waals surface area (Å²) in [5, 5.41) is 15.7. The van der Waals surface area contributed by atoms with Crippen LogP contribution >= 0.6 is 23.2 Å². The molecule has 0 aliphatic heterocycles. The van der Waals surface area contributed by atoms with Gasteiger partial charge in [-0.15, -0.1) is 0 Å². The maximum absolute atomic E-state index is 12.5. The first-order chi connectivity index (χ1) is 22.0. The summed E-state index contributed by atoms with van der Waals surface area (Å²) in [6, 6.07) is 18.7. The van der Waals surface area contributed by atoms with Gasteiger partial charge >= 0.3 is 12.0 Å². The Bertz CT molecular complexity index is 1620. The van der Waals surface area contributed by atoms with Crippen LogP contribution in [0.5, 0.6) is 0 Å². The lowest BCUT2D eigenvalue weighted by Crippen LogP contribution is -2.46. The number of halogens is 2. The zero-order chi connectivity index (χ0) is 33.2. The predicted molar refractivity (Wildman–Crippen MR) is 181 cm³/mol. The number of rotatable bonds is 5. The molecule has 0 bridgehead atoms. The lowest BCUT2D eigenvalue weighted by Gasteiger charge is -2.30. The Labute approximate surface area is 279 Å². The van der Waals surface area contributed by atoms with Gasteiger partial charge in [0.2, 0.25) is 10.6 Å². The number of nitrogens with two attached hydrogens (primary N) is 1. The minimum Gasteiger partial charge on any atom is -0.481 e. The molecule has 2 aromatic heterocycles. The summed E-state index contributed by atoms with van der Waals surface area (Å²) in [4.78, 5) is 39.8. The number of carbonyl (C=O) groups is 2. The summed E-state index contributed by atoms with van der Waals surface area (Å²) < 4.78 is 0. The fraction of sp³-hybridized carbons (Fsp3) is 0.353. The van der Waals surface area contributed by atoms with Crippen LogP contribution in [-0.2, 0) is 15.7 Å². The van der Waals surface area contributed by atoms with Crippen molar-refractivity contribution in [2.75, 3.05) is 11.1 Å². The summed E-state index contributed by atoms with van der Waals surface area (Å²) in [6.07, 6.45) is 10.0. The molecule has 2 fully saturated rings. The zero-order valence-corrected chi connectivity index (χ0v) is 27.5. The molecule has 2 heterocycles. The van der Waals surface area contributed by atoms with E-state index in [1.54, 1.807) is 12.3 Å². The molecule has 242 valence electrons. The summed E-state index contributed by atoms with van der Waals surface area (Å²) in [7, 11) is 0. The number of carbonyl (C=O) groups excluding carboxylic acids is 1. The van der Waals surface area contributed by atoms with Crippen LogP contribution in [0.4, 0.5) is 16.2 Å². The number of aryl methyl sites for hydroxylation is 2. The van der Waals surface area contributed by atoms with Crippen molar-refractivity contribution in [3.8, 4) is 0 Å². The number of para-hydroxylation sites is 2. The Hall–Kier alpha value is -4.28. The van der Waals surface area contributed by atoms with E-state index in [0.29, 0.717) is 18.5 Å². The summed E-state index contributed by atoms with van der Waals surface area (Å²) in [5.41, 5.74) is 9.35. The number of anilines is 2. The number of amides is 2. The predicted octanol–water partition coefficient (Wildman–Crippen LogP) is 7.63. The molecule has 10 nitrogen and oxygen atoms in total. The minimum atomic E-state index is -0.841. The number of aliphatic carboxylic acids is 1.